The lowest BCUT2D eigenvalue weighted by Gasteiger charge is -2.11. The molecule has 0 saturated carbocycles. The molecule has 164 valence electrons. The summed E-state index contributed by atoms with van der Waals surface area (Å²) >= 11 is 0. The van der Waals surface area contributed by atoms with E-state index >= 15 is 0 Å². The number of hydrogen-bond donors (Lipinski definition) is 3. The number of amides is 2. The Morgan fingerprint density at radius 1 is 1.06 bits per heavy atom. The van der Waals surface area contributed by atoms with Gasteiger partial charge < -0.3 is 20.7 Å². The van der Waals surface area contributed by atoms with Gasteiger partial charge in [0, 0.05) is 24.5 Å². The third kappa shape index (κ3) is 6.59. The highest BCUT2D eigenvalue weighted by Crippen LogP contribution is 2.23. The summed E-state index contributed by atoms with van der Waals surface area (Å²) in [6, 6.07) is 9.80. The number of aryl methyl sites for hydroxylation is 2. The predicted molar refractivity (Wildman–Crippen MR) is 107 cm³/mol. The first kappa shape index (κ1) is 21.9. The number of nitrogens with zero attached hydrogens (tertiary/aromatic N) is 4. The van der Waals surface area contributed by atoms with Crippen LogP contribution in [0.15, 0.2) is 42.5 Å². The molecule has 12 heteroatoms. The molecule has 0 saturated heterocycles. The maximum Gasteiger partial charge on any atom is 0.573 e. The van der Waals surface area contributed by atoms with Crippen molar-refractivity contribution >= 4 is 17.5 Å². The van der Waals surface area contributed by atoms with Gasteiger partial charge in [-0.15, -0.1) is 23.4 Å². The van der Waals surface area contributed by atoms with Crippen LogP contribution in [0.1, 0.15) is 11.4 Å². The van der Waals surface area contributed by atoms with Gasteiger partial charge in [0.05, 0.1) is 5.69 Å². The summed E-state index contributed by atoms with van der Waals surface area (Å²) in [6.07, 6.45) is -4.76. The van der Waals surface area contributed by atoms with Crippen molar-refractivity contribution in [3.63, 3.8) is 0 Å². The van der Waals surface area contributed by atoms with Gasteiger partial charge in [-0.25, -0.2) is 9.48 Å². The maximum atomic E-state index is 12.1. The normalized spacial score (nSPS) is 11.1. The average Bonchev–Trinajstić information content (AvgIpc) is 3.04. The van der Waals surface area contributed by atoms with Gasteiger partial charge in [-0.05, 0) is 56.3 Å². The van der Waals surface area contributed by atoms with E-state index in [1.165, 1.54) is 12.1 Å². The first-order chi connectivity index (χ1) is 14.7. The van der Waals surface area contributed by atoms with Crippen molar-refractivity contribution in [2.45, 2.75) is 20.2 Å². The SMILES string of the molecule is Cc1cc(C)n(-c2ccc(NCCNC(=O)Nc3ccc(OC(F)(F)F)cc3)nn2)n1. The number of rotatable bonds is 7. The lowest BCUT2D eigenvalue weighted by molar-refractivity contribution is -0.274. The van der Waals surface area contributed by atoms with Crippen molar-refractivity contribution in [2.75, 3.05) is 23.7 Å². The molecule has 3 aromatic rings. The van der Waals surface area contributed by atoms with Gasteiger partial charge in [0.1, 0.15) is 11.6 Å². The van der Waals surface area contributed by atoms with E-state index in [9.17, 15) is 18.0 Å². The van der Waals surface area contributed by atoms with Crippen LogP contribution in [0, 0.1) is 13.8 Å². The first-order valence-electron chi connectivity index (χ1n) is 9.21. The van der Waals surface area contributed by atoms with E-state index in [0.29, 0.717) is 23.9 Å². The summed E-state index contributed by atoms with van der Waals surface area (Å²) in [7, 11) is 0. The van der Waals surface area contributed by atoms with Crippen LogP contribution in [-0.2, 0) is 0 Å². The zero-order valence-electron chi connectivity index (χ0n) is 16.7. The van der Waals surface area contributed by atoms with E-state index in [1.807, 2.05) is 19.9 Å². The number of benzene rings is 1. The number of carbonyl (C=O) groups is 1. The second-order valence-corrected chi connectivity index (χ2v) is 6.50. The Balaban J connectivity index is 1.40. The third-order valence-corrected chi connectivity index (χ3v) is 3.94. The van der Waals surface area contributed by atoms with E-state index < -0.39 is 12.4 Å². The molecule has 2 amide bonds. The molecule has 2 heterocycles. The summed E-state index contributed by atoms with van der Waals surface area (Å²) in [5.41, 5.74) is 2.16. The Kier molecular flexibility index (Phi) is 6.58. The highest BCUT2D eigenvalue weighted by atomic mass is 19.4. The number of carbonyl (C=O) groups excluding carboxylic acids is 1. The lowest BCUT2D eigenvalue weighted by atomic mass is 10.3. The fraction of sp³-hybridized carbons (Fsp3) is 0.263. The van der Waals surface area contributed by atoms with Crippen LogP contribution in [-0.4, -0.2) is 45.5 Å². The molecule has 3 rings (SSSR count). The zero-order chi connectivity index (χ0) is 22.4. The molecule has 0 fully saturated rings. The number of ether oxygens (including phenoxy) is 1. The van der Waals surface area contributed by atoms with E-state index in [-0.39, 0.29) is 12.3 Å². The molecule has 2 aromatic heterocycles. The monoisotopic (exact) mass is 435 g/mol. The molecular weight excluding hydrogens is 415 g/mol. The minimum atomic E-state index is -4.76. The molecule has 1 aromatic carbocycles. The molecule has 3 N–H and O–H groups in total. The highest BCUT2D eigenvalue weighted by Gasteiger charge is 2.30. The van der Waals surface area contributed by atoms with Crippen LogP contribution >= 0.6 is 0 Å². The fourth-order valence-electron chi connectivity index (χ4n) is 2.68. The van der Waals surface area contributed by atoms with Crippen molar-refractivity contribution in [1.82, 2.24) is 25.3 Å². The van der Waals surface area contributed by atoms with Gasteiger partial charge in [0.2, 0.25) is 0 Å². The van der Waals surface area contributed by atoms with Crippen molar-refractivity contribution in [3.05, 3.63) is 53.9 Å². The quantitative estimate of drug-likeness (QED) is 0.491. The number of urea groups is 1. The van der Waals surface area contributed by atoms with Crippen molar-refractivity contribution < 1.29 is 22.7 Å². The van der Waals surface area contributed by atoms with Crippen molar-refractivity contribution in [1.29, 1.82) is 0 Å². The minimum absolute atomic E-state index is 0.280. The Hall–Kier alpha value is -3.83. The number of hydrogen-bond acceptors (Lipinski definition) is 6. The number of nitrogens with one attached hydrogen (secondary N) is 3. The molecule has 0 bridgehead atoms. The van der Waals surface area contributed by atoms with Gasteiger partial charge in [-0.3, -0.25) is 0 Å². The van der Waals surface area contributed by atoms with Crippen molar-refractivity contribution in [3.8, 4) is 11.6 Å². The summed E-state index contributed by atoms with van der Waals surface area (Å²) in [4.78, 5) is 11.9. The molecule has 9 nitrogen and oxygen atoms in total. The van der Waals surface area contributed by atoms with Gasteiger partial charge in [0.15, 0.2) is 5.82 Å². The number of halogens is 3. The third-order valence-electron chi connectivity index (χ3n) is 3.94. The van der Waals surface area contributed by atoms with Crippen molar-refractivity contribution in [2.24, 2.45) is 0 Å². The van der Waals surface area contributed by atoms with Crippen LogP contribution in [0.25, 0.3) is 5.82 Å². The van der Waals surface area contributed by atoms with Crippen LogP contribution in [0.4, 0.5) is 29.5 Å². The summed E-state index contributed by atoms with van der Waals surface area (Å²) < 4.78 is 41.9. The molecule has 0 radical (unpaired) electrons. The van der Waals surface area contributed by atoms with E-state index in [4.69, 9.17) is 0 Å². The second-order valence-electron chi connectivity index (χ2n) is 6.50. The van der Waals surface area contributed by atoms with Gasteiger partial charge in [-0.1, -0.05) is 0 Å². The van der Waals surface area contributed by atoms with Crippen LogP contribution < -0.4 is 20.7 Å². The summed E-state index contributed by atoms with van der Waals surface area (Å²) in [6.45, 7) is 4.49. The smallest absolute Gasteiger partial charge is 0.406 e. The predicted octanol–water partition coefficient (Wildman–Crippen LogP) is 3.41. The van der Waals surface area contributed by atoms with E-state index in [0.717, 1.165) is 23.5 Å². The molecule has 0 aliphatic rings. The largest absolute Gasteiger partial charge is 0.573 e. The Morgan fingerprint density at radius 2 is 1.81 bits per heavy atom. The number of aromatic nitrogens is 4. The second kappa shape index (κ2) is 9.32. The number of anilines is 2. The summed E-state index contributed by atoms with van der Waals surface area (Å²) in [5.74, 6) is 0.765. The molecular formula is C19H20F3N7O2. The first-order valence-corrected chi connectivity index (χ1v) is 9.21. The maximum absolute atomic E-state index is 12.1. The summed E-state index contributed by atoms with van der Waals surface area (Å²) in [5, 5.41) is 20.7. The van der Waals surface area contributed by atoms with Gasteiger partial charge >= 0.3 is 12.4 Å². The van der Waals surface area contributed by atoms with Crippen LogP contribution in [0.5, 0.6) is 5.75 Å². The lowest BCUT2D eigenvalue weighted by Crippen LogP contribution is -2.32. The Morgan fingerprint density at radius 3 is 2.39 bits per heavy atom. The molecule has 0 aliphatic carbocycles. The van der Waals surface area contributed by atoms with E-state index in [1.54, 1.807) is 16.8 Å². The molecule has 31 heavy (non-hydrogen) atoms. The minimum Gasteiger partial charge on any atom is -0.406 e. The Labute approximate surface area is 175 Å². The van der Waals surface area contributed by atoms with Gasteiger partial charge in [-0.2, -0.15) is 5.10 Å². The van der Waals surface area contributed by atoms with Gasteiger partial charge in [0.25, 0.3) is 0 Å². The molecule has 0 aliphatic heterocycles. The highest BCUT2D eigenvalue weighted by molar-refractivity contribution is 5.89. The van der Waals surface area contributed by atoms with Crippen LogP contribution in [0.3, 0.4) is 0 Å². The topological polar surface area (TPSA) is 106 Å². The zero-order valence-corrected chi connectivity index (χ0v) is 16.7. The average molecular weight is 435 g/mol. The van der Waals surface area contributed by atoms with Crippen LogP contribution in [0.2, 0.25) is 0 Å². The molecule has 0 atom stereocenters. The Bertz CT molecular complexity index is 1020. The number of alkyl halides is 3. The van der Waals surface area contributed by atoms with E-state index in [2.05, 4.69) is 36.0 Å². The fourth-order valence-corrected chi connectivity index (χ4v) is 2.68. The molecule has 0 unspecified atom stereocenters. The molecule has 0 spiro atoms. The standard InChI is InChI=1S/C19H20F3N7O2/c1-12-11-13(2)29(28-12)17-8-7-16(26-27-17)23-9-10-24-18(30)25-14-3-5-15(6-4-14)31-19(20,21)22/h3-8,11H,9-10H2,1-2H3,(H,23,26)(H2,24,25,30).